The van der Waals surface area contributed by atoms with E-state index >= 15 is 0 Å². The Morgan fingerprint density at radius 2 is 2.12 bits per heavy atom. The second kappa shape index (κ2) is 8.19. The van der Waals surface area contributed by atoms with Crippen LogP contribution in [0.5, 0.6) is 11.5 Å². The summed E-state index contributed by atoms with van der Waals surface area (Å²) < 4.78 is 33.4. The molecular weight excluding hydrogens is 348 g/mol. The first kappa shape index (κ1) is 19.0. The van der Waals surface area contributed by atoms with Crippen LogP contribution in [-0.2, 0) is 19.5 Å². The lowest BCUT2D eigenvalue weighted by atomic mass is 10.2. The van der Waals surface area contributed by atoms with Crippen LogP contribution in [0, 0.1) is 0 Å². The van der Waals surface area contributed by atoms with Crippen molar-refractivity contribution in [3.8, 4) is 11.5 Å². The van der Waals surface area contributed by atoms with E-state index < -0.39 is 9.84 Å². The molecule has 1 aliphatic heterocycles. The lowest BCUT2D eigenvalue weighted by Crippen LogP contribution is -2.39. The van der Waals surface area contributed by atoms with Crippen molar-refractivity contribution >= 4 is 22.0 Å². The first-order valence-corrected chi connectivity index (χ1v) is 9.52. The Morgan fingerprint density at radius 3 is 2.72 bits per heavy atom. The number of methoxy groups -OCH3 is 2. The van der Waals surface area contributed by atoms with Gasteiger partial charge >= 0.3 is 0 Å². The van der Waals surface area contributed by atoms with Gasteiger partial charge in [0, 0.05) is 18.7 Å². The number of nitrogens with zero attached hydrogens (tertiary/aromatic N) is 2. The molecule has 2 rings (SSSR count). The van der Waals surface area contributed by atoms with E-state index in [1.54, 1.807) is 25.2 Å². The molecule has 1 heterocycles. The fraction of sp³-hybridized carbons (Fsp3) is 0.500. The van der Waals surface area contributed by atoms with Crippen molar-refractivity contribution in [1.82, 2.24) is 4.90 Å². The Kier molecular flexibility index (Phi) is 6.24. The molecule has 1 aliphatic rings. The molecule has 0 aromatic heterocycles. The highest BCUT2D eigenvalue weighted by Crippen LogP contribution is 2.29. The summed E-state index contributed by atoms with van der Waals surface area (Å²) in [6.45, 7) is -0.268. The minimum Gasteiger partial charge on any atom is -0.493 e. The lowest BCUT2D eigenvalue weighted by Gasteiger charge is -2.22. The lowest BCUT2D eigenvalue weighted by molar-refractivity contribution is -0.136. The molecule has 0 aliphatic carbocycles. The van der Waals surface area contributed by atoms with Gasteiger partial charge in [-0.15, -0.1) is 0 Å². The third kappa shape index (κ3) is 4.85. The Balaban J connectivity index is 1.90. The van der Waals surface area contributed by atoms with Gasteiger partial charge in [0.05, 0.1) is 31.9 Å². The summed E-state index contributed by atoms with van der Waals surface area (Å²) in [5.74, 6) is 0.863. The Bertz CT molecular complexity index is 747. The number of ether oxygens (including phenoxy) is 2. The molecule has 0 unspecified atom stereocenters. The summed E-state index contributed by atoms with van der Waals surface area (Å²) in [4.78, 5) is 18.5. The summed E-state index contributed by atoms with van der Waals surface area (Å²) in [6, 6.07) is 5.00. The third-order valence-electron chi connectivity index (χ3n) is 4.04. The molecule has 9 heteroatoms. The van der Waals surface area contributed by atoms with E-state index in [2.05, 4.69) is 5.16 Å². The van der Waals surface area contributed by atoms with Crippen LogP contribution in [0.4, 0.5) is 0 Å². The van der Waals surface area contributed by atoms with Gasteiger partial charge in [0.2, 0.25) is 0 Å². The SMILES string of the molecule is COc1cccc(/C=N\OCC(=O)N(C)[C@H]2CCS(=O)(=O)C2)c1OC. The number of rotatable bonds is 7. The quantitative estimate of drug-likeness (QED) is 0.518. The van der Waals surface area contributed by atoms with Gasteiger partial charge < -0.3 is 19.2 Å². The van der Waals surface area contributed by atoms with E-state index in [-0.39, 0.29) is 30.1 Å². The molecule has 1 aromatic rings. The number of hydrogen-bond donors (Lipinski definition) is 0. The molecule has 25 heavy (non-hydrogen) atoms. The monoisotopic (exact) mass is 370 g/mol. The molecule has 1 saturated heterocycles. The average molecular weight is 370 g/mol. The highest BCUT2D eigenvalue weighted by atomic mass is 32.2. The maximum atomic E-state index is 12.1. The molecule has 8 nitrogen and oxygen atoms in total. The molecule has 1 fully saturated rings. The van der Waals surface area contributed by atoms with Crippen molar-refractivity contribution in [2.24, 2.45) is 5.16 Å². The molecule has 0 radical (unpaired) electrons. The Labute approximate surface area is 147 Å². The molecule has 138 valence electrons. The molecule has 0 saturated carbocycles. The zero-order valence-electron chi connectivity index (χ0n) is 14.5. The number of hydrogen-bond acceptors (Lipinski definition) is 7. The minimum atomic E-state index is -3.04. The van der Waals surface area contributed by atoms with E-state index in [1.807, 2.05) is 0 Å². The number of benzene rings is 1. The van der Waals surface area contributed by atoms with Crippen LogP contribution in [-0.4, -0.2) is 70.9 Å². The molecule has 0 spiro atoms. The summed E-state index contributed by atoms with van der Waals surface area (Å²) >= 11 is 0. The maximum absolute atomic E-state index is 12.1. The van der Waals surface area contributed by atoms with Crippen LogP contribution in [0.1, 0.15) is 12.0 Å². The number of oxime groups is 1. The Hall–Kier alpha value is -2.29. The van der Waals surface area contributed by atoms with Gasteiger partial charge in [-0.25, -0.2) is 8.42 Å². The van der Waals surface area contributed by atoms with Crippen LogP contribution in [0.25, 0.3) is 0 Å². The number of carbonyl (C=O) groups excluding carboxylic acids is 1. The van der Waals surface area contributed by atoms with Crippen LogP contribution in [0.15, 0.2) is 23.4 Å². The van der Waals surface area contributed by atoms with E-state index in [0.29, 0.717) is 23.5 Å². The highest BCUT2D eigenvalue weighted by molar-refractivity contribution is 7.91. The van der Waals surface area contributed by atoms with Crippen molar-refractivity contribution in [3.63, 3.8) is 0 Å². The normalized spacial score (nSPS) is 18.9. The van der Waals surface area contributed by atoms with Crippen molar-refractivity contribution in [2.75, 3.05) is 39.4 Å². The van der Waals surface area contributed by atoms with Crippen molar-refractivity contribution < 1.29 is 27.5 Å². The summed E-state index contributed by atoms with van der Waals surface area (Å²) in [5, 5.41) is 3.78. The molecule has 1 amide bonds. The first-order chi connectivity index (χ1) is 11.9. The van der Waals surface area contributed by atoms with Gasteiger partial charge in [0.1, 0.15) is 0 Å². The maximum Gasteiger partial charge on any atom is 0.263 e. The van der Waals surface area contributed by atoms with Gasteiger partial charge in [-0.3, -0.25) is 4.79 Å². The average Bonchev–Trinajstić information content (AvgIpc) is 2.97. The van der Waals surface area contributed by atoms with Crippen LogP contribution in [0.2, 0.25) is 0 Å². The predicted octanol–water partition coefficient (Wildman–Crippen LogP) is 0.700. The van der Waals surface area contributed by atoms with Gasteiger partial charge in [0.15, 0.2) is 27.9 Å². The number of likely N-dealkylation sites (N-methyl/N-ethyl adjacent to an activating group) is 1. The molecule has 1 atom stereocenters. The smallest absolute Gasteiger partial charge is 0.263 e. The minimum absolute atomic E-state index is 0.000480. The molecule has 1 aromatic carbocycles. The molecule has 0 N–H and O–H groups in total. The number of para-hydroxylation sites is 1. The van der Waals surface area contributed by atoms with Crippen molar-refractivity contribution in [1.29, 1.82) is 0 Å². The van der Waals surface area contributed by atoms with Gasteiger partial charge in [0.25, 0.3) is 5.91 Å². The fourth-order valence-electron chi connectivity index (χ4n) is 2.59. The zero-order valence-corrected chi connectivity index (χ0v) is 15.3. The molecule has 0 bridgehead atoms. The highest BCUT2D eigenvalue weighted by Gasteiger charge is 2.32. The van der Waals surface area contributed by atoms with Gasteiger partial charge in [-0.05, 0) is 18.6 Å². The van der Waals surface area contributed by atoms with Crippen LogP contribution >= 0.6 is 0 Å². The third-order valence-corrected chi connectivity index (χ3v) is 5.79. The van der Waals surface area contributed by atoms with Gasteiger partial charge in [-0.1, -0.05) is 11.2 Å². The number of carbonyl (C=O) groups is 1. The number of amides is 1. The standard InChI is InChI=1S/C16H22N2O6S/c1-18(13-7-8-25(20,21)11-13)15(19)10-24-17-9-12-5-4-6-14(22-2)16(12)23-3/h4-6,9,13H,7-8,10-11H2,1-3H3/b17-9-/t13-/m0/s1. The van der Waals surface area contributed by atoms with E-state index in [4.69, 9.17) is 14.3 Å². The second-order valence-corrected chi connectivity index (χ2v) is 7.88. The van der Waals surface area contributed by atoms with Crippen LogP contribution in [0.3, 0.4) is 0 Å². The largest absolute Gasteiger partial charge is 0.493 e. The van der Waals surface area contributed by atoms with E-state index in [0.717, 1.165) is 0 Å². The van der Waals surface area contributed by atoms with Crippen molar-refractivity contribution in [3.05, 3.63) is 23.8 Å². The first-order valence-electron chi connectivity index (χ1n) is 7.70. The van der Waals surface area contributed by atoms with Gasteiger partial charge in [-0.2, -0.15) is 0 Å². The van der Waals surface area contributed by atoms with E-state index in [1.165, 1.54) is 25.3 Å². The summed E-state index contributed by atoms with van der Waals surface area (Å²) in [6.07, 6.45) is 1.88. The van der Waals surface area contributed by atoms with E-state index in [9.17, 15) is 13.2 Å². The Morgan fingerprint density at radius 1 is 1.36 bits per heavy atom. The molecular formula is C16H22N2O6S. The second-order valence-electron chi connectivity index (χ2n) is 5.65. The van der Waals surface area contributed by atoms with Crippen LogP contribution < -0.4 is 9.47 Å². The summed E-state index contributed by atoms with van der Waals surface area (Å²) in [5.41, 5.74) is 0.643. The van der Waals surface area contributed by atoms with Crippen molar-refractivity contribution in [2.45, 2.75) is 12.5 Å². The fourth-order valence-corrected chi connectivity index (χ4v) is 4.36. The number of sulfone groups is 1. The summed E-state index contributed by atoms with van der Waals surface area (Å²) in [7, 11) is 1.59. The predicted molar refractivity (Wildman–Crippen MR) is 92.9 cm³/mol. The topological polar surface area (TPSA) is 94.5 Å². The zero-order chi connectivity index (χ0) is 18.4.